The molecule has 0 saturated heterocycles. The number of benzene rings is 1. The Morgan fingerprint density at radius 2 is 2.03 bits per heavy atom. The molecule has 0 radical (unpaired) electrons. The topological polar surface area (TPSA) is 70.7 Å². The molecule has 0 saturated carbocycles. The first kappa shape index (κ1) is 21.1. The van der Waals surface area contributed by atoms with Gasteiger partial charge in [-0.2, -0.15) is 5.10 Å². The van der Waals surface area contributed by atoms with Crippen molar-refractivity contribution >= 4 is 12.2 Å². The highest BCUT2D eigenvalue weighted by atomic mass is 19.1. The van der Waals surface area contributed by atoms with E-state index < -0.39 is 6.67 Å². The van der Waals surface area contributed by atoms with Gasteiger partial charge in [0.25, 0.3) is 0 Å². The third kappa shape index (κ3) is 4.16. The summed E-state index contributed by atoms with van der Waals surface area (Å²) >= 11 is 0. The first-order chi connectivity index (χ1) is 16.2. The van der Waals surface area contributed by atoms with Crippen molar-refractivity contribution in [2.45, 2.75) is 38.9 Å². The van der Waals surface area contributed by atoms with E-state index in [1.807, 2.05) is 70.9 Å². The summed E-state index contributed by atoms with van der Waals surface area (Å²) in [6.45, 7) is 2.27. The smallest absolute Gasteiger partial charge is 0.238 e. The molecule has 0 bridgehead atoms. The maximum absolute atomic E-state index is 13.6. The van der Waals surface area contributed by atoms with E-state index in [1.54, 1.807) is 13.4 Å². The van der Waals surface area contributed by atoms with Crippen molar-refractivity contribution in [3.8, 4) is 11.6 Å². The van der Waals surface area contributed by atoms with Crippen LogP contribution in [0.5, 0.6) is 5.88 Å². The van der Waals surface area contributed by atoms with Crippen LogP contribution < -0.4 is 4.74 Å². The number of pyridine rings is 1. The Balaban J connectivity index is 1.42. The van der Waals surface area contributed by atoms with Crippen molar-refractivity contribution in [2.75, 3.05) is 7.11 Å². The van der Waals surface area contributed by atoms with E-state index >= 15 is 0 Å². The van der Waals surface area contributed by atoms with Gasteiger partial charge >= 0.3 is 0 Å². The Kier molecular flexibility index (Phi) is 5.73. The van der Waals surface area contributed by atoms with Gasteiger partial charge in [-0.1, -0.05) is 24.3 Å². The second kappa shape index (κ2) is 8.97. The number of aryl methyl sites for hydroxylation is 2. The van der Waals surface area contributed by atoms with Crippen LogP contribution in [-0.4, -0.2) is 36.4 Å². The normalized spacial score (nSPS) is 15.7. The van der Waals surface area contributed by atoms with Gasteiger partial charge in [0.1, 0.15) is 18.2 Å². The minimum absolute atomic E-state index is 0.0523. The Labute approximate surface area is 191 Å². The zero-order valence-electron chi connectivity index (χ0n) is 18.6. The maximum atomic E-state index is 13.6. The lowest BCUT2D eigenvalue weighted by Gasteiger charge is -2.23. The Morgan fingerprint density at radius 1 is 1.15 bits per heavy atom. The van der Waals surface area contributed by atoms with E-state index in [1.165, 1.54) is 0 Å². The molecule has 0 aliphatic carbocycles. The third-order valence-corrected chi connectivity index (χ3v) is 5.91. The third-order valence-electron chi connectivity index (χ3n) is 5.91. The summed E-state index contributed by atoms with van der Waals surface area (Å²) in [4.78, 5) is 13.6. The summed E-state index contributed by atoms with van der Waals surface area (Å²) in [6, 6.07) is 11.5. The molecule has 0 fully saturated rings. The van der Waals surface area contributed by atoms with E-state index in [4.69, 9.17) is 9.72 Å². The van der Waals surface area contributed by atoms with E-state index in [0.29, 0.717) is 11.7 Å². The molecule has 1 aliphatic rings. The van der Waals surface area contributed by atoms with Crippen molar-refractivity contribution in [3.63, 3.8) is 0 Å². The maximum Gasteiger partial charge on any atom is 0.238 e. The van der Waals surface area contributed by atoms with Crippen LogP contribution in [-0.2, 0) is 13.2 Å². The number of fused-ring (bicyclic) bond motifs is 1. The van der Waals surface area contributed by atoms with Crippen LogP contribution in [0.3, 0.4) is 0 Å². The SMILES string of the molecule is COc1nc(/C=C/c2nc3n(n2)CCC[C@H]3c2ccccc2CF)ccc1-n1cnc(C)c1. The van der Waals surface area contributed by atoms with Gasteiger partial charge in [-0.25, -0.2) is 24.0 Å². The molecule has 3 aromatic heterocycles. The second-order valence-corrected chi connectivity index (χ2v) is 8.10. The molecule has 4 heterocycles. The lowest BCUT2D eigenvalue weighted by molar-refractivity contribution is 0.395. The number of methoxy groups -OCH3 is 1. The summed E-state index contributed by atoms with van der Waals surface area (Å²) in [5.74, 6) is 2.06. The Bertz CT molecular complexity index is 1310. The zero-order valence-corrected chi connectivity index (χ0v) is 18.6. The minimum Gasteiger partial charge on any atom is -0.479 e. The zero-order chi connectivity index (χ0) is 22.8. The molecule has 33 heavy (non-hydrogen) atoms. The number of hydrogen-bond donors (Lipinski definition) is 0. The van der Waals surface area contributed by atoms with Crippen LogP contribution >= 0.6 is 0 Å². The second-order valence-electron chi connectivity index (χ2n) is 8.10. The minimum atomic E-state index is -0.476. The van der Waals surface area contributed by atoms with E-state index in [2.05, 4.69) is 15.1 Å². The number of hydrogen-bond acceptors (Lipinski definition) is 5. The highest BCUT2D eigenvalue weighted by molar-refractivity contribution is 5.65. The van der Waals surface area contributed by atoms with Crippen LogP contribution in [0.2, 0.25) is 0 Å². The summed E-state index contributed by atoms with van der Waals surface area (Å²) in [7, 11) is 1.60. The van der Waals surface area contributed by atoms with E-state index in [-0.39, 0.29) is 5.92 Å². The van der Waals surface area contributed by atoms with Gasteiger partial charge in [-0.05, 0) is 55.2 Å². The van der Waals surface area contributed by atoms with Crippen LogP contribution in [0, 0.1) is 6.92 Å². The molecule has 0 amide bonds. The van der Waals surface area contributed by atoms with Gasteiger partial charge < -0.3 is 9.30 Å². The van der Waals surface area contributed by atoms with Crippen molar-refractivity contribution in [1.82, 2.24) is 29.3 Å². The number of aromatic nitrogens is 6. The van der Waals surface area contributed by atoms with Crippen LogP contribution in [0.4, 0.5) is 4.39 Å². The van der Waals surface area contributed by atoms with Gasteiger partial charge in [-0.3, -0.25) is 0 Å². The van der Waals surface area contributed by atoms with Gasteiger partial charge in [0.05, 0.1) is 24.8 Å². The number of nitrogens with zero attached hydrogens (tertiary/aromatic N) is 6. The number of halogens is 1. The lowest BCUT2D eigenvalue weighted by Crippen LogP contribution is -2.18. The molecule has 1 atom stereocenters. The predicted octanol–water partition coefficient (Wildman–Crippen LogP) is 4.74. The fraction of sp³-hybridized carbons (Fsp3) is 0.280. The van der Waals surface area contributed by atoms with Crippen LogP contribution in [0.1, 0.15) is 52.9 Å². The van der Waals surface area contributed by atoms with Gasteiger partial charge in [-0.15, -0.1) is 0 Å². The molecule has 1 aliphatic heterocycles. The molecule has 7 nitrogen and oxygen atoms in total. The summed E-state index contributed by atoms with van der Waals surface area (Å²) < 4.78 is 22.9. The highest BCUT2D eigenvalue weighted by Crippen LogP contribution is 2.34. The fourth-order valence-corrected chi connectivity index (χ4v) is 4.33. The van der Waals surface area contributed by atoms with Crippen molar-refractivity contribution in [3.05, 3.63) is 83.1 Å². The monoisotopic (exact) mass is 444 g/mol. The lowest BCUT2D eigenvalue weighted by atomic mass is 9.88. The standard InChI is InChI=1S/C25H25FN6O/c1-17-15-31(16-27-17)22-11-9-19(28-25(22)33-2)10-12-23-29-24-21(8-5-13-32(24)30-23)20-7-4-3-6-18(20)14-26/h3-4,6-7,9-12,15-16,21H,5,8,13-14H2,1-2H3/b12-10+/t21-/m0/s1. The average molecular weight is 445 g/mol. The molecule has 0 N–H and O–H groups in total. The number of ether oxygens (including phenoxy) is 1. The summed E-state index contributed by atoms with van der Waals surface area (Å²) in [5.41, 5.74) is 4.20. The molecule has 168 valence electrons. The first-order valence-electron chi connectivity index (χ1n) is 11.0. The van der Waals surface area contributed by atoms with E-state index in [9.17, 15) is 4.39 Å². The average Bonchev–Trinajstić information content (AvgIpc) is 3.48. The Hall–Kier alpha value is -3.81. The summed E-state index contributed by atoms with van der Waals surface area (Å²) in [6.07, 6.45) is 9.31. The molecular weight excluding hydrogens is 419 g/mol. The first-order valence-corrected chi connectivity index (χ1v) is 11.0. The molecule has 5 rings (SSSR count). The quantitative estimate of drug-likeness (QED) is 0.430. The van der Waals surface area contributed by atoms with Crippen molar-refractivity contribution in [1.29, 1.82) is 0 Å². The number of rotatable bonds is 6. The molecule has 0 unspecified atom stereocenters. The molecule has 0 spiro atoms. The number of alkyl halides is 1. The number of imidazole rings is 1. The van der Waals surface area contributed by atoms with Gasteiger partial charge in [0, 0.05) is 18.7 Å². The summed E-state index contributed by atoms with van der Waals surface area (Å²) in [5, 5.41) is 4.66. The van der Waals surface area contributed by atoms with E-state index in [0.717, 1.165) is 53.4 Å². The molecule has 1 aromatic carbocycles. The Morgan fingerprint density at radius 3 is 2.82 bits per heavy atom. The molecule has 4 aromatic rings. The van der Waals surface area contributed by atoms with Gasteiger partial charge in [0.15, 0.2) is 5.82 Å². The largest absolute Gasteiger partial charge is 0.479 e. The van der Waals surface area contributed by atoms with Gasteiger partial charge in [0.2, 0.25) is 5.88 Å². The highest BCUT2D eigenvalue weighted by Gasteiger charge is 2.27. The van der Waals surface area contributed by atoms with Crippen LogP contribution in [0.25, 0.3) is 17.8 Å². The predicted molar refractivity (Wildman–Crippen MR) is 124 cm³/mol. The fourth-order valence-electron chi connectivity index (χ4n) is 4.33. The van der Waals surface area contributed by atoms with Crippen LogP contribution in [0.15, 0.2) is 48.9 Å². The molecule has 8 heteroatoms. The molecular formula is C25H25FN6O. The van der Waals surface area contributed by atoms with Crippen molar-refractivity contribution in [2.24, 2.45) is 0 Å². The van der Waals surface area contributed by atoms with Crippen molar-refractivity contribution < 1.29 is 9.13 Å².